The van der Waals surface area contributed by atoms with Crippen LogP contribution in [-0.2, 0) is 0 Å². The number of rotatable bonds is 1. The molecule has 15 heavy (non-hydrogen) atoms. The topological polar surface area (TPSA) is 42.1 Å². The minimum Gasteiger partial charge on any atom is -0.326 e. The molecule has 0 amide bonds. The smallest absolute Gasteiger partial charge is 0.111 e. The fourth-order valence-electron chi connectivity index (χ4n) is 2.27. The summed E-state index contributed by atoms with van der Waals surface area (Å²) in [4.78, 5) is 6.88. The highest BCUT2D eigenvalue weighted by atomic mass is 32.1. The predicted octanol–water partition coefficient (Wildman–Crippen LogP) is 2.02. The van der Waals surface area contributed by atoms with E-state index in [1.807, 2.05) is 11.6 Å². The van der Waals surface area contributed by atoms with Crippen LogP contribution in [0.2, 0.25) is 0 Å². The van der Waals surface area contributed by atoms with Gasteiger partial charge >= 0.3 is 0 Å². The summed E-state index contributed by atoms with van der Waals surface area (Å²) in [5.74, 6) is 0. The highest BCUT2D eigenvalue weighted by Gasteiger charge is 2.39. The number of thiazole rings is 1. The number of likely N-dealkylation sites (tertiary alicyclic amines) is 1. The zero-order valence-electron chi connectivity index (χ0n) is 9.60. The van der Waals surface area contributed by atoms with Gasteiger partial charge in [-0.3, -0.25) is 4.90 Å². The van der Waals surface area contributed by atoms with Crippen LogP contribution in [0.25, 0.3) is 0 Å². The third-order valence-electron chi connectivity index (χ3n) is 3.01. The molecule has 1 aromatic rings. The van der Waals surface area contributed by atoms with E-state index in [1.54, 1.807) is 11.3 Å². The summed E-state index contributed by atoms with van der Waals surface area (Å²) < 4.78 is 0. The second-order valence-electron chi connectivity index (χ2n) is 5.13. The fraction of sp³-hybridized carbons (Fsp3) is 0.727. The zero-order valence-corrected chi connectivity index (χ0v) is 10.4. The minimum atomic E-state index is 0.171. The lowest BCUT2D eigenvalue weighted by Gasteiger charge is -2.36. The standard InChI is InChI=1S/C11H19N3S/c1-11(2,3)14-6-4-8(12)9(14)10-13-5-7-15-10/h5,7-9H,4,6,12H2,1-3H3. The molecule has 2 heterocycles. The van der Waals surface area contributed by atoms with Crippen molar-refractivity contribution in [1.29, 1.82) is 0 Å². The molecule has 0 radical (unpaired) electrons. The first-order valence-electron chi connectivity index (χ1n) is 5.42. The maximum atomic E-state index is 6.18. The average molecular weight is 225 g/mol. The van der Waals surface area contributed by atoms with Gasteiger partial charge in [0.15, 0.2) is 0 Å². The van der Waals surface area contributed by atoms with E-state index >= 15 is 0 Å². The molecule has 1 fully saturated rings. The molecule has 2 unspecified atom stereocenters. The molecular formula is C11H19N3S. The van der Waals surface area contributed by atoms with Gasteiger partial charge in [0, 0.05) is 29.7 Å². The summed E-state index contributed by atoms with van der Waals surface area (Å²) in [6.07, 6.45) is 2.94. The molecule has 0 saturated carbocycles. The molecule has 0 aliphatic carbocycles. The lowest BCUT2D eigenvalue weighted by Crippen LogP contribution is -2.43. The van der Waals surface area contributed by atoms with E-state index in [0.717, 1.165) is 18.0 Å². The van der Waals surface area contributed by atoms with Crippen molar-refractivity contribution in [3.8, 4) is 0 Å². The van der Waals surface area contributed by atoms with E-state index in [-0.39, 0.29) is 11.6 Å². The third-order valence-corrected chi connectivity index (χ3v) is 3.86. The summed E-state index contributed by atoms with van der Waals surface area (Å²) in [6.45, 7) is 7.80. The summed E-state index contributed by atoms with van der Waals surface area (Å²) >= 11 is 1.71. The van der Waals surface area contributed by atoms with Crippen molar-refractivity contribution in [2.24, 2.45) is 5.73 Å². The monoisotopic (exact) mass is 225 g/mol. The Bertz CT molecular complexity index is 315. The van der Waals surface area contributed by atoms with Crippen molar-refractivity contribution in [3.63, 3.8) is 0 Å². The Morgan fingerprint density at radius 3 is 2.80 bits per heavy atom. The van der Waals surface area contributed by atoms with Crippen LogP contribution in [0.1, 0.15) is 38.2 Å². The first kappa shape index (κ1) is 11.0. The molecule has 84 valence electrons. The number of nitrogens with two attached hydrogens (primary N) is 1. The van der Waals surface area contributed by atoms with Gasteiger partial charge in [-0.05, 0) is 27.2 Å². The van der Waals surface area contributed by atoms with Gasteiger partial charge in [-0.2, -0.15) is 0 Å². The van der Waals surface area contributed by atoms with Gasteiger partial charge in [0.2, 0.25) is 0 Å². The summed E-state index contributed by atoms with van der Waals surface area (Å²) in [7, 11) is 0. The molecule has 1 aromatic heterocycles. The van der Waals surface area contributed by atoms with Gasteiger partial charge in [0.1, 0.15) is 5.01 Å². The molecule has 0 bridgehead atoms. The summed E-state index contributed by atoms with van der Waals surface area (Å²) in [6, 6.07) is 0.542. The largest absolute Gasteiger partial charge is 0.326 e. The predicted molar refractivity (Wildman–Crippen MR) is 63.9 cm³/mol. The van der Waals surface area contributed by atoms with Crippen LogP contribution >= 0.6 is 11.3 Å². The van der Waals surface area contributed by atoms with Crippen LogP contribution in [-0.4, -0.2) is 28.0 Å². The van der Waals surface area contributed by atoms with E-state index < -0.39 is 0 Å². The lowest BCUT2D eigenvalue weighted by molar-refractivity contribution is 0.117. The molecule has 2 atom stereocenters. The molecule has 1 aliphatic heterocycles. The van der Waals surface area contributed by atoms with Gasteiger partial charge < -0.3 is 5.73 Å². The Hall–Kier alpha value is -0.450. The van der Waals surface area contributed by atoms with Crippen LogP contribution < -0.4 is 5.73 Å². The normalized spacial score (nSPS) is 28.5. The molecule has 3 nitrogen and oxygen atoms in total. The summed E-state index contributed by atoms with van der Waals surface area (Å²) in [5, 5.41) is 3.19. The second kappa shape index (κ2) is 3.85. The summed E-state index contributed by atoms with van der Waals surface area (Å²) in [5.41, 5.74) is 6.35. The van der Waals surface area contributed by atoms with Crippen LogP contribution in [0.3, 0.4) is 0 Å². The number of nitrogens with zero attached hydrogens (tertiary/aromatic N) is 2. The van der Waals surface area contributed by atoms with Gasteiger partial charge in [-0.25, -0.2) is 4.98 Å². The van der Waals surface area contributed by atoms with Crippen molar-refractivity contribution in [2.45, 2.75) is 44.8 Å². The zero-order chi connectivity index (χ0) is 11.1. The first-order valence-corrected chi connectivity index (χ1v) is 6.30. The molecule has 2 N–H and O–H groups in total. The van der Waals surface area contributed by atoms with E-state index in [9.17, 15) is 0 Å². The van der Waals surface area contributed by atoms with Gasteiger partial charge in [-0.1, -0.05) is 0 Å². The molecule has 1 aliphatic rings. The molecule has 1 saturated heterocycles. The Morgan fingerprint density at radius 2 is 2.27 bits per heavy atom. The Morgan fingerprint density at radius 1 is 1.53 bits per heavy atom. The van der Waals surface area contributed by atoms with Crippen molar-refractivity contribution in [1.82, 2.24) is 9.88 Å². The molecule has 0 spiro atoms. The maximum absolute atomic E-state index is 6.18. The Kier molecular flexibility index (Phi) is 2.83. The lowest BCUT2D eigenvalue weighted by atomic mass is 10.0. The fourth-order valence-corrected chi connectivity index (χ4v) is 3.09. The van der Waals surface area contributed by atoms with E-state index in [2.05, 4.69) is 30.7 Å². The molecule has 4 heteroatoms. The Balaban J connectivity index is 2.27. The number of aromatic nitrogens is 1. The van der Waals surface area contributed by atoms with Crippen LogP contribution in [0.15, 0.2) is 11.6 Å². The first-order chi connectivity index (χ1) is 7.00. The Labute approximate surface area is 95.3 Å². The van der Waals surface area contributed by atoms with Gasteiger partial charge in [0.25, 0.3) is 0 Å². The molecule has 2 rings (SSSR count). The van der Waals surface area contributed by atoms with Gasteiger partial charge in [0.05, 0.1) is 6.04 Å². The number of hydrogen-bond acceptors (Lipinski definition) is 4. The van der Waals surface area contributed by atoms with Crippen molar-refractivity contribution in [3.05, 3.63) is 16.6 Å². The average Bonchev–Trinajstić information content (AvgIpc) is 2.69. The number of hydrogen-bond donors (Lipinski definition) is 1. The van der Waals surface area contributed by atoms with Crippen molar-refractivity contribution >= 4 is 11.3 Å². The van der Waals surface area contributed by atoms with Crippen LogP contribution in [0.4, 0.5) is 0 Å². The van der Waals surface area contributed by atoms with Crippen molar-refractivity contribution < 1.29 is 0 Å². The minimum absolute atomic E-state index is 0.171. The van der Waals surface area contributed by atoms with E-state index in [1.165, 1.54) is 0 Å². The molecule has 0 aromatic carbocycles. The third kappa shape index (κ3) is 2.07. The van der Waals surface area contributed by atoms with Crippen LogP contribution in [0, 0.1) is 0 Å². The molecular weight excluding hydrogens is 206 g/mol. The van der Waals surface area contributed by atoms with Crippen LogP contribution in [0.5, 0.6) is 0 Å². The van der Waals surface area contributed by atoms with E-state index in [0.29, 0.717) is 6.04 Å². The SMILES string of the molecule is CC(C)(C)N1CCC(N)C1c1nccs1. The second-order valence-corrected chi connectivity index (χ2v) is 6.06. The maximum Gasteiger partial charge on any atom is 0.111 e. The van der Waals surface area contributed by atoms with Gasteiger partial charge in [-0.15, -0.1) is 11.3 Å². The quantitative estimate of drug-likeness (QED) is 0.795. The van der Waals surface area contributed by atoms with Crippen molar-refractivity contribution in [2.75, 3.05) is 6.54 Å². The van der Waals surface area contributed by atoms with E-state index in [4.69, 9.17) is 5.73 Å². The highest BCUT2D eigenvalue weighted by Crippen LogP contribution is 2.37. The highest BCUT2D eigenvalue weighted by molar-refractivity contribution is 7.09.